The van der Waals surface area contributed by atoms with E-state index in [1.165, 1.54) is 0 Å². The van der Waals surface area contributed by atoms with Crippen LogP contribution < -0.4 is 16.0 Å². The van der Waals surface area contributed by atoms with Gasteiger partial charge in [-0.3, -0.25) is 0 Å². The van der Waals surface area contributed by atoms with Crippen LogP contribution in [0.4, 0.5) is 9.59 Å². The fraction of sp³-hybridized carbons (Fsp3) is 0.818. The van der Waals surface area contributed by atoms with Crippen molar-refractivity contribution in [2.75, 3.05) is 0 Å². The molecular weight excluding hydrogens is 222 g/mol. The zero-order valence-electron chi connectivity index (χ0n) is 10.3. The first-order valence-corrected chi connectivity index (χ1v) is 6.04. The van der Waals surface area contributed by atoms with Crippen molar-refractivity contribution >= 4 is 12.1 Å². The number of amides is 3. The molecule has 6 heteroatoms. The van der Waals surface area contributed by atoms with Gasteiger partial charge >= 0.3 is 12.1 Å². The fourth-order valence-electron chi connectivity index (χ4n) is 2.05. The van der Waals surface area contributed by atoms with Crippen LogP contribution >= 0.6 is 0 Å². The Morgan fingerprint density at radius 1 is 1.06 bits per heavy atom. The minimum atomic E-state index is -0.973. The molecule has 98 valence electrons. The molecule has 1 saturated carbocycles. The highest BCUT2D eigenvalue weighted by molar-refractivity contribution is 5.74. The number of carbonyl (C=O) groups is 2. The molecule has 0 atom stereocenters. The van der Waals surface area contributed by atoms with E-state index in [0.717, 1.165) is 25.7 Å². The monoisotopic (exact) mass is 243 g/mol. The van der Waals surface area contributed by atoms with E-state index in [1.807, 2.05) is 13.8 Å². The molecule has 0 saturated heterocycles. The molecule has 6 nitrogen and oxygen atoms in total. The molecular formula is C11H21N3O3. The molecule has 0 radical (unpaired) electrons. The summed E-state index contributed by atoms with van der Waals surface area (Å²) in [6.07, 6.45) is 2.21. The maximum absolute atomic E-state index is 11.4. The normalized spacial score (nSPS) is 24.2. The van der Waals surface area contributed by atoms with Gasteiger partial charge < -0.3 is 21.1 Å². The van der Waals surface area contributed by atoms with Crippen molar-refractivity contribution in [2.24, 2.45) is 0 Å². The maximum Gasteiger partial charge on any atom is 0.404 e. The third kappa shape index (κ3) is 5.42. The second-order valence-corrected chi connectivity index (χ2v) is 4.77. The summed E-state index contributed by atoms with van der Waals surface area (Å²) in [6.45, 7) is 3.82. The summed E-state index contributed by atoms with van der Waals surface area (Å²) < 4.78 is 0. The van der Waals surface area contributed by atoms with E-state index in [9.17, 15) is 9.59 Å². The van der Waals surface area contributed by atoms with Gasteiger partial charge in [-0.15, -0.1) is 0 Å². The molecule has 0 aromatic rings. The highest BCUT2D eigenvalue weighted by Crippen LogP contribution is 2.18. The minimum absolute atomic E-state index is 0.0266. The Morgan fingerprint density at radius 3 is 1.94 bits per heavy atom. The number of nitrogens with one attached hydrogen (secondary N) is 3. The van der Waals surface area contributed by atoms with Crippen molar-refractivity contribution < 1.29 is 14.7 Å². The van der Waals surface area contributed by atoms with Gasteiger partial charge in [0.25, 0.3) is 0 Å². The van der Waals surface area contributed by atoms with Crippen molar-refractivity contribution in [3.05, 3.63) is 0 Å². The van der Waals surface area contributed by atoms with Crippen molar-refractivity contribution in [1.29, 1.82) is 0 Å². The van der Waals surface area contributed by atoms with Crippen LogP contribution in [0.25, 0.3) is 0 Å². The van der Waals surface area contributed by atoms with Crippen LogP contribution in [0.1, 0.15) is 39.5 Å². The molecule has 1 fully saturated rings. The zero-order chi connectivity index (χ0) is 12.8. The summed E-state index contributed by atoms with van der Waals surface area (Å²) in [5.74, 6) is 0. The van der Waals surface area contributed by atoms with Crippen LogP contribution in [0, 0.1) is 0 Å². The second-order valence-electron chi connectivity index (χ2n) is 4.77. The SMILES string of the molecule is CC(C)NC(=O)N[C@H]1CC[C@H](NC(=O)O)CC1. The molecule has 0 unspecified atom stereocenters. The number of urea groups is 1. The van der Waals surface area contributed by atoms with Gasteiger partial charge in [0.1, 0.15) is 0 Å². The predicted octanol–water partition coefficient (Wildman–Crippen LogP) is 1.27. The van der Waals surface area contributed by atoms with Crippen molar-refractivity contribution in [1.82, 2.24) is 16.0 Å². The molecule has 0 aromatic carbocycles. The number of carbonyl (C=O) groups excluding carboxylic acids is 1. The molecule has 3 amide bonds. The topological polar surface area (TPSA) is 90.5 Å². The van der Waals surface area contributed by atoms with Crippen LogP contribution in [0.15, 0.2) is 0 Å². The van der Waals surface area contributed by atoms with Crippen molar-refractivity contribution in [3.8, 4) is 0 Å². The first-order chi connectivity index (χ1) is 7.97. The Hall–Kier alpha value is -1.46. The van der Waals surface area contributed by atoms with E-state index < -0.39 is 6.09 Å². The fourth-order valence-corrected chi connectivity index (χ4v) is 2.05. The van der Waals surface area contributed by atoms with Crippen LogP contribution in [0.2, 0.25) is 0 Å². The Labute approximate surface area is 101 Å². The molecule has 1 aliphatic rings. The lowest BCUT2D eigenvalue weighted by Crippen LogP contribution is -2.47. The zero-order valence-corrected chi connectivity index (χ0v) is 10.3. The van der Waals surface area contributed by atoms with Crippen LogP contribution in [-0.2, 0) is 0 Å². The van der Waals surface area contributed by atoms with Gasteiger partial charge in [0.15, 0.2) is 0 Å². The average Bonchev–Trinajstić information content (AvgIpc) is 2.18. The molecule has 0 bridgehead atoms. The summed E-state index contributed by atoms with van der Waals surface area (Å²) in [5, 5.41) is 16.7. The number of rotatable bonds is 3. The summed E-state index contributed by atoms with van der Waals surface area (Å²) >= 11 is 0. The largest absolute Gasteiger partial charge is 0.465 e. The Kier molecular flexibility index (Phi) is 5.06. The lowest BCUT2D eigenvalue weighted by molar-refractivity contribution is 0.183. The van der Waals surface area contributed by atoms with E-state index >= 15 is 0 Å². The molecule has 0 heterocycles. The molecule has 17 heavy (non-hydrogen) atoms. The minimum Gasteiger partial charge on any atom is -0.465 e. The van der Waals surface area contributed by atoms with Gasteiger partial charge in [-0.1, -0.05) is 0 Å². The van der Waals surface area contributed by atoms with E-state index in [4.69, 9.17) is 5.11 Å². The summed E-state index contributed by atoms with van der Waals surface area (Å²) in [7, 11) is 0. The van der Waals surface area contributed by atoms with Crippen LogP contribution in [0.3, 0.4) is 0 Å². The summed E-state index contributed by atoms with van der Waals surface area (Å²) in [5.41, 5.74) is 0. The van der Waals surface area contributed by atoms with Crippen molar-refractivity contribution in [2.45, 2.75) is 57.7 Å². The third-order valence-electron chi connectivity index (χ3n) is 2.81. The standard InChI is InChI=1S/C11H21N3O3/c1-7(2)12-10(15)13-8-3-5-9(6-4-8)14-11(16)17/h7-9,14H,3-6H2,1-2H3,(H,16,17)(H2,12,13,15)/t8-,9-. The lowest BCUT2D eigenvalue weighted by Gasteiger charge is -2.29. The van der Waals surface area contributed by atoms with E-state index in [0.29, 0.717) is 0 Å². The summed E-state index contributed by atoms with van der Waals surface area (Å²) in [6, 6.07) is 0.161. The summed E-state index contributed by atoms with van der Waals surface area (Å²) in [4.78, 5) is 21.9. The molecule has 4 N–H and O–H groups in total. The first-order valence-electron chi connectivity index (χ1n) is 6.04. The van der Waals surface area contributed by atoms with Crippen molar-refractivity contribution in [3.63, 3.8) is 0 Å². The molecule has 0 spiro atoms. The van der Waals surface area contributed by atoms with E-state index in [1.54, 1.807) is 0 Å². The molecule has 1 rings (SSSR count). The van der Waals surface area contributed by atoms with E-state index in [-0.39, 0.29) is 24.2 Å². The van der Waals surface area contributed by atoms with Gasteiger partial charge in [0.2, 0.25) is 0 Å². The number of hydrogen-bond donors (Lipinski definition) is 4. The maximum atomic E-state index is 11.4. The van der Waals surface area contributed by atoms with Gasteiger partial charge in [-0.2, -0.15) is 0 Å². The quantitative estimate of drug-likeness (QED) is 0.601. The predicted molar refractivity (Wildman–Crippen MR) is 64.0 cm³/mol. The Bertz CT molecular complexity index is 273. The molecule has 1 aliphatic carbocycles. The van der Waals surface area contributed by atoms with Gasteiger partial charge in [0, 0.05) is 18.1 Å². The highest BCUT2D eigenvalue weighted by atomic mass is 16.4. The van der Waals surface area contributed by atoms with Gasteiger partial charge in [-0.05, 0) is 39.5 Å². The van der Waals surface area contributed by atoms with Gasteiger partial charge in [-0.25, -0.2) is 9.59 Å². The number of carboxylic acid groups (broad SMARTS) is 1. The Balaban J connectivity index is 2.23. The molecule has 0 aliphatic heterocycles. The third-order valence-corrected chi connectivity index (χ3v) is 2.81. The second kappa shape index (κ2) is 6.32. The Morgan fingerprint density at radius 2 is 1.53 bits per heavy atom. The highest BCUT2D eigenvalue weighted by Gasteiger charge is 2.23. The molecule has 0 aromatic heterocycles. The first kappa shape index (κ1) is 13.6. The van der Waals surface area contributed by atoms with E-state index in [2.05, 4.69) is 16.0 Å². The average molecular weight is 243 g/mol. The van der Waals surface area contributed by atoms with Crippen LogP contribution in [-0.4, -0.2) is 35.4 Å². The van der Waals surface area contributed by atoms with Gasteiger partial charge in [0.05, 0.1) is 0 Å². The lowest BCUT2D eigenvalue weighted by atomic mass is 9.91. The van der Waals surface area contributed by atoms with Crippen LogP contribution in [0.5, 0.6) is 0 Å². The smallest absolute Gasteiger partial charge is 0.404 e. The number of hydrogen-bond acceptors (Lipinski definition) is 2.